The molecule has 1 aromatic heterocycles. The summed E-state index contributed by atoms with van der Waals surface area (Å²) in [6.07, 6.45) is 0. The van der Waals surface area contributed by atoms with Gasteiger partial charge >= 0.3 is 0 Å². The Morgan fingerprint density at radius 2 is 1.85 bits per heavy atom. The molecule has 8 heteroatoms. The van der Waals surface area contributed by atoms with Crippen LogP contribution < -0.4 is 10.6 Å². The van der Waals surface area contributed by atoms with Crippen molar-refractivity contribution in [1.82, 2.24) is 10.2 Å². The number of carbonyl (C=O) groups excluding carboxylic acids is 1. The minimum absolute atomic E-state index is 0.0471. The number of nitrogens with zero attached hydrogens (tertiary/aromatic N) is 2. The number of anilines is 3. The van der Waals surface area contributed by atoms with Gasteiger partial charge in [-0.15, -0.1) is 10.2 Å². The number of para-hydroxylation sites is 1. The zero-order chi connectivity index (χ0) is 19.4. The van der Waals surface area contributed by atoms with E-state index in [1.807, 2.05) is 63.2 Å². The van der Waals surface area contributed by atoms with E-state index >= 15 is 0 Å². The average molecular weight is 463 g/mol. The first-order valence-corrected chi connectivity index (χ1v) is 10.8. The lowest BCUT2D eigenvalue weighted by Gasteiger charge is -2.14. The van der Waals surface area contributed by atoms with Crippen molar-refractivity contribution in [3.8, 4) is 0 Å². The number of nitrogens with one attached hydrogen (secondary N) is 2. The van der Waals surface area contributed by atoms with Crippen LogP contribution in [-0.4, -0.2) is 21.4 Å². The van der Waals surface area contributed by atoms with Gasteiger partial charge in [0, 0.05) is 15.8 Å². The first-order valence-electron chi connectivity index (χ1n) is 8.32. The first kappa shape index (κ1) is 19.9. The summed E-state index contributed by atoms with van der Waals surface area (Å²) in [4.78, 5) is 12.6. The maximum Gasteiger partial charge on any atom is 0.237 e. The molecule has 0 aliphatic rings. The Morgan fingerprint density at radius 3 is 2.56 bits per heavy atom. The van der Waals surface area contributed by atoms with Crippen molar-refractivity contribution in [2.75, 3.05) is 10.6 Å². The monoisotopic (exact) mass is 462 g/mol. The number of benzene rings is 2. The fourth-order valence-electron chi connectivity index (χ4n) is 2.44. The van der Waals surface area contributed by atoms with Gasteiger partial charge in [-0.1, -0.05) is 63.3 Å². The second-order valence-corrected chi connectivity index (χ2v) is 9.51. The van der Waals surface area contributed by atoms with Crippen LogP contribution in [0.4, 0.5) is 16.5 Å². The molecule has 3 aromatic rings. The van der Waals surface area contributed by atoms with Crippen molar-refractivity contribution in [2.24, 2.45) is 0 Å². The van der Waals surface area contributed by atoms with Gasteiger partial charge in [0.1, 0.15) is 0 Å². The van der Waals surface area contributed by atoms with Gasteiger partial charge in [0.05, 0.1) is 5.25 Å². The van der Waals surface area contributed by atoms with Gasteiger partial charge < -0.3 is 10.6 Å². The Morgan fingerprint density at radius 1 is 1.15 bits per heavy atom. The molecule has 0 aliphatic heterocycles. The van der Waals surface area contributed by atoms with Gasteiger partial charge in [0.15, 0.2) is 4.34 Å². The van der Waals surface area contributed by atoms with E-state index in [-0.39, 0.29) is 11.2 Å². The summed E-state index contributed by atoms with van der Waals surface area (Å²) in [5.74, 6) is -0.0471. The van der Waals surface area contributed by atoms with E-state index in [0.717, 1.165) is 31.3 Å². The van der Waals surface area contributed by atoms with E-state index in [2.05, 4.69) is 36.8 Å². The quantitative estimate of drug-likeness (QED) is 0.454. The Kier molecular flexibility index (Phi) is 6.51. The highest BCUT2D eigenvalue weighted by Gasteiger charge is 2.18. The maximum atomic E-state index is 12.6. The largest absolute Gasteiger partial charge is 0.330 e. The zero-order valence-corrected chi connectivity index (χ0v) is 18.3. The number of rotatable bonds is 6. The molecule has 2 aromatic carbocycles. The molecule has 0 fully saturated rings. The molecule has 0 aliphatic carbocycles. The van der Waals surface area contributed by atoms with Crippen molar-refractivity contribution in [1.29, 1.82) is 0 Å². The molecular weight excluding hydrogens is 444 g/mol. The molecule has 1 heterocycles. The number of aryl methyl sites for hydroxylation is 2. The summed E-state index contributed by atoms with van der Waals surface area (Å²) in [6.45, 7) is 5.85. The van der Waals surface area contributed by atoms with Crippen LogP contribution in [0.15, 0.2) is 51.3 Å². The molecule has 5 nitrogen and oxygen atoms in total. The standard InChI is InChI=1S/C19H19BrN4OS2/c1-11-6-4-7-12(2)16(11)22-17(25)13(3)26-19-24-23-18(27-19)21-15-9-5-8-14(20)10-15/h4-10,13H,1-3H3,(H,21,23)(H,22,25). The molecular formula is C19H19BrN4OS2. The van der Waals surface area contributed by atoms with Crippen LogP contribution in [0, 0.1) is 13.8 Å². The molecule has 1 amide bonds. The van der Waals surface area contributed by atoms with E-state index in [4.69, 9.17) is 0 Å². The van der Waals surface area contributed by atoms with Crippen molar-refractivity contribution < 1.29 is 4.79 Å². The Balaban J connectivity index is 1.62. The highest BCUT2D eigenvalue weighted by molar-refractivity contribution is 9.10. The predicted octanol–water partition coefficient (Wildman–Crippen LogP) is 5.78. The van der Waals surface area contributed by atoms with Gasteiger partial charge in [0.25, 0.3) is 0 Å². The highest BCUT2D eigenvalue weighted by atomic mass is 79.9. The molecule has 0 saturated heterocycles. The average Bonchev–Trinajstić information content (AvgIpc) is 3.05. The first-order chi connectivity index (χ1) is 12.9. The fourth-order valence-corrected chi connectivity index (χ4v) is 4.75. The number of aromatic nitrogens is 2. The SMILES string of the molecule is Cc1cccc(C)c1NC(=O)C(C)Sc1nnc(Nc2cccc(Br)c2)s1. The van der Waals surface area contributed by atoms with Crippen LogP contribution in [0.1, 0.15) is 18.1 Å². The van der Waals surface area contributed by atoms with Gasteiger partial charge in [0.2, 0.25) is 11.0 Å². The predicted molar refractivity (Wildman–Crippen MR) is 117 cm³/mol. The molecule has 1 atom stereocenters. The summed E-state index contributed by atoms with van der Waals surface area (Å²) in [7, 11) is 0. The summed E-state index contributed by atoms with van der Waals surface area (Å²) in [6, 6.07) is 13.8. The lowest BCUT2D eigenvalue weighted by molar-refractivity contribution is -0.115. The minimum atomic E-state index is -0.282. The van der Waals surface area contributed by atoms with Crippen LogP contribution in [0.3, 0.4) is 0 Å². The minimum Gasteiger partial charge on any atom is -0.330 e. The van der Waals surface area contributed by atoms with E-state index in [1.54, 1.807) is 0 Å². The van der Waals surface area contributed by atoms with Gasteiger partial charge in [-0.3, -0.25) is 4.79 Å². The van der Waals surface area contributed by atoms with Crippen LogP contribution in [0.2, 0.25) is 0 Å². The highest BCUT2D eigenvalue weighted by Crippen LogP contribution is 2.31. The van der Waals surface area contributed by atoms with Crippen molar-refractivity contribution >= 4 is 61.4 Å². The summed E-state index contributed by atoms with van der Waals surface area (Å²) in [5, 5.41) is 15.0. The van der Waals surface area contributed by atoms with E-state index in [9.17, 15) is 4.79 Å². The topological polar surface area (TPSA) is 66.9 Å². The second kappa shape index (κ2) is 8.86. The van der Waals surface area contributed by atoms with Crippen LogP contribution >= 0.6 is 39.0 Å². The summed E-state index contributed by atoms with van der Waals surface area (Å²) < 4.78 is 1.74. The number of halogens is 1. The van der Waals surface area contributed by atoms with Gasteiger partial charge in [-0.05, 0) is 50.1 Å². The zero-order valence-electron chi connectivity index (χ0n) is 15.1. The van der Waals surface area contributed by atoms with Crippen molar-refractivity contribution in [2.45, 2.75) is 30.4 Å². The molecule has 27 heavy (non-hydrogen) atoms. The number of carbonyl (C=O) groups is 1. The molecule has 3 rings (SSSR count). The lowest BCUT2D eigenvalue weighted by Crippen LogP contribution is -2.23. The third kappa shape index (κ3) is 5.31. The third-order valence-electron chi connectivity index (χ3n) is 3.86. The molecule has 1 unspecified atom stereocenters. The smallest absolute Gasteiger partial charge is 0.237 e. The molecule has 0 radical (unpaired) electrons. The Labute approximate surface area is 175 Å². The molecule has 0 saturated carbocycles. The summed E-state index contributed by atoms with van der Waals surface area (Å²) in [5.41, 5.74) is 3.91. The Hall–Kier alpha value is -1.90. The third-order valence-corrected chi connectivity index (χ3v) is 6.37. The van der Waals surface area contributed by atoms with Crippen LogP contribution in [0.25, 0.3) is 0 Å². The van der Waals surface area contributed by atoms with Crippen LogP contribution in [0.5, 0.6) is 0 Å². The van der Waals surface area contributed by atoms with Gasteiger partial charge in [-0.25, -0.2) is 0 Å². The number of hydrogen-bond donors (Lipinski definition) is 2. The Bertz CT molecular complexity index is 940. The van der Waals surface area contributed by atoms with Gasteiger partial charge in [-0.2, -0.15) is 0 Å². The number of amides is 1. The lowest BCUT2D eigenvalue weighted by atomic mass is 10.1. The normalized spacial score (nSPS) is 11.9. The second-order valence-electron chi connectivity index (χ2n) is 6.02. The van der Waals surface area contributed by atoms with Crippen molar-refractivity contribution in [3.63, 3.8) is 0 Å². The van der Waals surface area contributed by atoms with E-state index in [0.29, 0.717) is 5.13 Å². The molecule has 140 valence electrons. The van der Waals surface area contributed by atoms with Crippen LogP contribution in [-0.2, 0) is 4.79 Å². The summed E-state index contributed by atoms with van der Waals surface area (Å²) >= 11 is 6.27. The molecule has 0 spiro atoms. The van der Waals surface area contributed by atoms with E-state index in [1.165, 1.54) is 23.1 Å². The maximum absolute atomic E-state index is 12.6. The fraction of sp³-hybridized carbons (Fsp3) is 0.211. The number of hydrogen-bond acceptors (Lipinski definition) is 6. The molecule has 2 N–H and O–H groups in total. The number of thioether (sulfide) groups is 1. The van der Waals surface area contributed by atoms with E-state index < -0.39 is 0 Å². The molecule has 0 bridgehead atoms. The van der Waals surface area contributed by atoms with Crippen molar-refractivity contribution in [3.05, 3.63) is 58.1 Å².